The molecule has 2 fully saturated rings. The van der Waals surface area contributed by atoms with Crippen LogP contribution in [0.15, 0.2) is 35.5 Å². The molecule has 27 heavy (non-hydrogen) atoms. The number of imide groups is 1. The Morgan fingerprint density at radius 1 is 1.26 bits per heavy atom. The van der Waals surface area contributed by atoms with E-state index in [0.29, 0.717) is 11.3 Å². The van der Waals surface area contributed by atoms with Gasteiger partial charge in [0.2, 0.25) is 0 Å². The van der Waals surface area contributed by atoms with Gasteiger partial charge in [-0.25, -0.2) is 0 Å². The van der Waals surface area contributed by atoms with E-state index in [1.807, 2.05) is 12.2 Å². The van der Waals surface area contributed by atoms with Gasteiger partial charge in [-0.15, -0.1) is 0 Å². The fourth-order valence-corrected chi connectivity index (χ4v) is 4.21. The van der Waals surface area contributed by atoms with Gasteiger partial charge in [-0.1, -0.05) is 18.2 Å². The van der Waals surface area contributed by atoms with E-state index in [-0.39, 0.29) is 47.8 Å². The number of carbonyl (C=O) groups excluding carboxylic acids is 3. The Bertz CT molecular complexity index is 848. The smallest absolute Gasteiger partial charge is 0.255 e. The summed E-state index contributed by atoms with van der Waals surface area (Å²) in [6.45, 7) is -0.331. The molecule has 1 aliphatic heterocycles. The molecule has 140 valence electrons. The van der Waals surface area contributed by atoms with Crippen LogP contribution < -0.4 is 15.2 Å². The van der Waals surface area contributed by atoms with Crippen molar-refractivity contribution in [3.63, 3.8) is 0 Å². The van der Waals surface area contributed by atoms with Gasteiger partial charge in [0.05, 0.1) is 25.2 Å². The lowest BCUT2D eigenvalue weighted by Gasteiger charge is -2.13. The fraction of sp³-hybridized carbons (Fsp3) is 0.368. The highest BCUT2D eigenvalue weighted by Gasteiger charge is 2.59. The molecule has 4 atom stereocenters. The van der Waals surface area contributed by atoms with E-state index in [1.54, 1.807) is 18.2 Å². The lowest BCUT2D eigenvalue weighted by atomic mass is 9.85. The Morgan fingerprint density at radius 2 is 1.93 bits per heavy atom. The molecule has 0 aromatic heterocycles. The lowest BCUT2D eigenvalue weighted by molar-refractivity contribution is -0.140. The minimum atomic E-state index is -0.635. The first kappa shape index (κ1) is 17.3. The maximum absolute atomic E-state index is 12.7. The zero-order chi connectivity index (χ0) is 19.1. The minimum absolute atomic E-state index is 0.128. The van der Waals surface area contributed by atoms with Crippen molar-refractivity contribution in [2.45, 2.75) is 6.42 Å². The zero-order valence-corrected chi connectivity index (χ0v) is 14.7. The number of hydrogen-bond acceptors (Lipinski definition) is 6. The summed E-state index contributed by atoms with van der Waals surface area (Å²) in [5.74, 6) is -0.861. The van der Waals surface area contributed by atoms with Gasteiger partial charge in [-0.2, -0.15) is 10.1 Å². The van der Waals surface area contributed by atoms with Crippen LogP contribution in [0.2, 0.25) is 0 Å². The van der Waals surface area contributed by atoms with Crippen molar-refractivity contribution < 1.29 is 23.9 Å². The number of primary amides is 1. The second-order valence-electron chi connectivity index (χ2n) is 6.87. The van der Waals surface area contributed by atoms with Crippen molar-refractivity contribution in [3.05, 3.63) is 35.9 Å². The Kier molecular flexibility index (Phi) is 4.18. The molecule has 1 aromatic rings. The van der Waals surface area contributed by atoms with Crippen molar-refractivity contribution in [3.8, 4) is 11.5 Å². The number of hydrogen-bond donors (Lipinski definition) is 1. The molecule has 0 radical (unpaired) electrons. The van der Waals surface area contributed by atoms with Crippen LogP contribution in [0.1, 0.15) is 12.0 Å². The number of amides is 3. The Morgan fingerprint density at radius 3 is 2.52 bits per heavy atom. The van der Waals surface area contributed by atoms with E-state index >= 15 is 0 Å². The van der Waals surface area contributed by atoms with E-state index < -0.39 is 5.91 Å². The van der Waals surface area contributed by atoms with Crippen molar-refractivity contribution in [1.29, 1.82) is 0 Å². The number of rotatable bonds is 6. The standard InChI is InChI=1S/C19H19N3O5/c1-26-13-4-2-3-12(17(13)27-9-14(20)23)8-21-22-18(24)15-10-5-6-11(7-10)16(15)19(22)25/h2-6,8,10-11,15-16H,7,9H2,1H3,(H2,20,23). The quantitative estimate of drug-likeness (QED) is 0.451. The molecule has 1 saturated carbocycles. The number of carbonyl (C=O) groups is 3. The van der Waals surface area contributed by atoms with E-state index in [0.717, 1.165) is 11.4 Å². The summed E-state index contributed by atoms with van der Waals surface area (Å²) in [6.07, 6.45) is 6.29. The summed E-state index contributed by atoms with van der Waals surface area (Å²) in [7, 11) is 1.46. The normalized spacial score (nSPS) is 28.3. The van der Waals surface area contributed by atoms with Gasteiger partial charge < -0.3 is 15.2 Å². The van der Waals surface area contributed by atoms with Crippen LogP contribution in [0.4, 0.5) is 0 Å². The zero-order valence-electron chi connectivity index (χ0n) is 14.7. The third-order valence-electron chi connectivity index (χ3n) is 5.35. The monoisotopic (exact) mass is 369 g/mol. The molecule has 1 heterocycles. The predicted molar refractivity (Wildman–Crippen MR) is 94.8 cm³/mol. The summed E-state index contributed by atoms with van der Waals surface area (Å²) < 4.78 is 10.7. The van der Waals surface area contributed by atoms with Gasteiger partial charge in [0.1, 0.15) is 0 Å². The molecule has 2 bridgehead atoms. The summed E-state index contributed by atoms with van der Waals surface area (Å²) in [5, 5.41) is 5.08. The van der Waals surface area contributed by atoms with Gasteiger partial charge >= 0.3 is 0 Å². The summed E-state index contributed by atoms with van der Waals surface area (Å²) in [6, 6.07) is 5.05. The molecular formula is C19H19N3O5. The molecule has 2 aliphatic carbocycles. The highest BCUT2D eigenvalue weighted by Crippen LogP contribution is 2.52. The van der Waals surface area contributed by atoms with Crippen LogP contribution in [0.25, 0.3) is 0 Å². The van der Waals surface area contributed by atoms with Gasteiger partial charge in [0.15, 0.2) is 18.1 Å². The number of para-hydroxylation sites is 1. The topological polar surface area (TPSA) is 111 Å². The van der Waals surface area contributed by atoms with Gasteiger partial charge in [-0.3, -0.25) is 14.4 Å². The van der Waals surface area contributed by atoms with Gasteiger partial charge in [-0.05, 0) is 30.4 Å². The Balaban J connectivity index is 1.59. The highest BCUT2D eigenvalue weighted by molar-refractivity contribution is 6.07. The number of fused-ring (bicyclic) bond motifs is 5. The van der Waals surface area contributed by atoms with E-state index in [4.69, 9.17) is 15.2 Å². The molecule has 4 rings (SSSR count). The van der Waals surface area contributed by atoms with Crippen LogP contribution in [0.3, 0.4) is 0 Å². The maximum atomic E-state index is 12.7. The molecule has 4 unspecified atom stereocenters. The Labute approximate surface area is 155 Å². The first-order chi connectivity index (χ1) is 13.0. The third-order valence-corrected chi connectivity index (χ3v) is 5.35. The molecule has 8 nitrogen and oxygen atoms in total. The first-order valence-corrected chi connectivity index (χ1v) is 8.69. The van der Waals surface area contributed by atoms with Crippen LogP contribution in [0.5, 0.6) is 11.5 Å². The number of hydrazone groups is 1. The molecule has 1 saturated heterocycles. The molecule has 0 spiro atoms. The SMILES string of the molecule is COc1cccc(C=NN2C(=O)C3C4C=CC(C4)C3C2=O)c1OCC(N)=O. The molecule has 3 aliphatic rings. The predicted octanol–water partition coefficient (Wildman–Crippen LogP) is 0.700. The van der Waals surface area contributed by atoms with E-state index in [2.05, 4.69) is 5.10 Å². The van der Waals surface area contributed by atoms with Crippen molar-refractivity contribution in [2.75, 3.05) is 13.7 Å². The number of allylic oxidation sites excluding steroid dienone is 2. The second kappa shape index (κ2) is 6.53. The average molecular weight is 369 g/mol. The van der Waals surface area contributed by atoms with E-state index in [9.17, 15) is 14.4 Å². The molecule has 1 aromatic carbocycles. The van der Waals surface area contributed by atoms with Gasteiger partial charge in [0, 0.05) is 5.56 Å². The molecule has 8 heteroatoms. The van der Waals surface area contributed by atoms with Crippen LogP contribution in [-0.4, -0.2) is 42.7 Å². The van der Waals surface area contributed by atoms with Gasteiger partial charge in [0.25, 0.3) is 17.7 Å². The number of ether oxygens (including phenoxy) is 2. The number of nitrogens with two attached hydrogens (primary N) is 1. The number of nitrogens with zero attached hydrogens (tertiary/aromatic N) is 2. The minimum Gasteiger partial charge on any atom is -0.493 e. The summed E-state index contributed by atoms with van der Waals surface area (Å²) in [4.78, 5) is 36.4. The van der Waals surface area contributed by atoms with Crippen LogP contribution in [-0.2, 0) is 14.4 Å². The van der Waals surface area contributed by atoms with E-state index in [1.165, 1.54) is 13.3 Å². The number of benzene rings is 1. The average Bonchev–Trinajstić information content (AvgIpc) is 3.33. The third kappa shape index (κ3) is 2.77. The van der Waals surface area contributed by atoms with Crippen molar-refractivity contribution in [2.24, 2.45) is 34.5 Å². The van der Waals surface area contributed by atoms with Crippen molar-refractivity contribution >= 4 is 23.9 Å². The number of methoxy groups -OCH3 is 1. The largest absolute Gasteiger partial charge is 0.493 e. The van der Waals surface area contributed by atoms with Crippen LogP contribution in [0, 0.1) is 23.7 Å². The fourth-order valence-electron chi connectivity index (χ4n) is 4.21. The summed E-state index contributed by atoms with van der Waals surface area (Å²) in [5.41, 5.74) is 5.60. The Hall–Kier alpha value is -3.16. The highest BCUT2D eigenvalue weighted by atomic mass is 16.5. The molecule has 2 N–H and O–H groups in total. The van der Waals surface area contributed by atoms with Crippen LogP contribution >= 0.6 is 0 Å². The maximum Gasteiger partial charge on any atom is 0.255 e. The second-order valence-corrected chi connectivity index (χ2v) is 6.87. The molecule has 3 amide bonds. The summed E-state index contributed by atoms with van der Waals surface area (Å²) >= 11 is 0. The first-order valence-electron chi connectivity index (χ1n) is 8.69. The lowest BCUT2D eigenvalue weighted by Crippen LogP contribution is -2.28. The molecular weight excluding hydrogens is 350 g/mol. The van der Waals surface area contributed by atoms with Crippen molar-refractivity contribution in [1.82, 2.24) is 5.01 Å².